The quantitative estimate of drug-likeness (QED) is 0.738. The first-order valence-electron chi connectivity index (χ1n) is 8.93. The molecule has 0 aliphatic carbocycles. The number of likely N-dealkylation sites (tertiary alicyclic amines) is 1. The highest BCUT2D eigenvalue weighted by molar-refractivity contribution is 5.95. The lowest BCUT2D eigenvalue weighted by Crippen LogP contribution is -2.39. The summed E-state index contributed by atoms with van der Waals surface area (Å²) in [5.74, 6) is 1.67. The minimum absolute atomic E-state index is 0.0277. The van der Waals surface area contributed by atoms with Crippen molar-refractivity contribution in [1.82, 2.24) is 30.0 Å². The molecule has 0 bridgehead atoms. The Balaban J connectivity index is 1.55. The van der Waals surface area contributed by atoms with Gasteiger partial charge in [-0.2, -0.15) is 5.10 Å². The zero-order valence-electron chi connectivity index (χ0n) is 15.0. The van der Waals surface area contributed by atoms with Gasteiger partial charge in [-0.25, -0.2) is 4.98 Å². The highest BCUT2D eigenvalue weighted by Crippen LogP contribution is 2.26. The van der Waals surface area contributed by atoms with Crippen molar-refractivity contribution in [2.75, 3.05) is 13.1 Å². The SMILES string of the molecule is Cc1nc([C@@H]2CCCN(C(=O)c3cccc(-c4cncc(=O)[nH]4)c3)C2)n[nH]1. The van der Waals surface area contributed by atoms with E-state index in [-0.39, 0.29) is 17.4 Å². The lowest BCUT2D eigenvalue weighted by Gasteiger charge is -2.31. The molecule has 1 aliphatic rings. The van der Waals surface area contributed by atoms with Gasteiger partial charge in [-0.15, -0.1) is 0 Å². The van der Waals surface area contributed by atoms with Crippen LogP contribution < -0.4 is 5.56 Å². The molecule has 0 spiro atoms. The Labute approximate surface area is 155 Å². The molecule has 2 N–H and O–H groups in total. The van der Waals surface area contributed by atoms with E-state index in [1.54, 1.807) is 18.3 Å². The predicted molar refractivity (Wildman–Crippen MR) is 99.3 cm³/mol. The maximum Gasteiger partial charge on any atom is 0.266 e. The van der Waals surface area contributed by atoms with Crippen LogP contribution in [0.1, 0.15) is 40.8 Å². The van der Waals surface area contributed by atoms with Gasteiger partial charge in [0.05, 0.1) is 18.1 Å². The van der Waals surface area contributed by atoms with Crippen LogP contribution in [0.3, 0.4) is 0 Å². The van der Waals surface area contributed by atoms with E-state index in [0.29, 0.717) is 24.3 Å². The van der Waals surface area contributed by atoms with E-state index >= 15 is 0 Å². The van der Waals surface area contributed by atoms with Gasteiger partial charge in [-0.05, 0) is 31.9 Å². The Morgan fingerprint density at radius 2 is 2.19 bits per heavy atom. The molecule has 4 rings (SSSR count). The number of aromatic nitrogens is 5. The number of aromatic amines is 2. The summed E-state index contributed by atoms with van der Waals surface area (Å²) in [5, 5.41) is 7.13. The van der Waals surface area contributed by atoms with Crippen molar-refractivity contribution < 1.29 is 4.79 Å². The van der Waals surface area contributed by atoms with E-state index < -0.39 is 0 Å². The second kappa shape index (κ2) is 7.14. The van der Waals surface area contributed by atoms with Gasteiger partial charge in [0.2, 0.25) is 0 Å². The van der Waals surface area contributed by atoms with E-state index in [1.807, 2.05) is 24.0 Å². The molecule has 3 aromatic rings. The predicted octanol–water partition coefficient (Wildman–Crippen LogP) is 1.88. The fourth-order valence-corrected chi connectivity index (χ4v) is 3.44. The molecule has 27 heavy (non-hydrogen) atoms. The number of benzene rings is 1. The van der Waals surface area contributed by atoms with Gasteiger partial charge in [-0.1, -0.05) is 12.1 Å². The summed E-state index contributed by atoms with van der Waals surface area (Å²) >= 11 is 0. The molecule has 1 amide bonds. The molecule has 8 nitrogen and oxygen atoms in total. The molecule has 8 heteroatoms. The number of amides is 1. The first kappa shape index (κ1) is 17.1. The van der Waals surface area contributed by atoms with E-state index in [4.69, 9.17) is 0 Å². The number of H-pyrrole nitrogens is 2. The third-order valence-corrected chi connectivity index (χ3v) is 4.76. The number of nitrogens with one attached hydrogen (secondary N) is 2. The minimum atomic E-state index is -0.273. The Kier molecular flexibility index (Phi) is 4.53. The third-order valence-electron chi connectivity index (χ3n) is 4.76. The number of carbonyl (C=O) groups excluding carboxylic acids is 1. The Morgan fingerprint density at radius 1 is 1.30 bits per heavy atom. The lowest BCUT2D eigenvalue weighted by atomic mass is 9.96. The molecule has 1 saturated heterocycles. The van der Waals surface area contributed by atoms with Crippen molar-refractivity contribution >= 4 is 5.91 Å². The average Bonchev–Trinajstić information content (AvgIpc) is 3.14. The van der Waals surface area contributed by atoms with Crippen molar-refractivity contribution in [2.45, 2.75) is 25.7 Å². The highest BCUT2D eigenvalue weighted by Gasteiger charge is 2.27. The first-order valence-corrected chi connectivity index (χ1v) is 8.93. The monoisotopic (exact) mass is 364 g/mol. The van der Waals surface area contributed by atoms with Gasteiger partial charge < -0.3 is 9.88 Å². The highest BCUT2D eigenvalue weighted by atomic mass is 16.2. The van der Waals surface area contributed by atoms with Gasteiger partial charge in [0.15, 0.2) is 5.82 Å². The standard InChI is InChI=1S/C19H20N6O2/c1-12-21-18(24-23-12)15-6-3-7-25(11-15)19(27)14-5-2-4-13(8-14)16-9-20-10-17(26)22-16/h2,4-5,8-10,15H,3,6-7,11H2,1H3,(H,22,26)(H,21,23,24)/t15-/m1/s1. The number of rotatable bonds is 3. The van der Waals surface area contributed by atoms with Gasteiger partial charge in [0.25, 0.3) is 11.5 Å². The molecule has 3 heterocycles. The Hall–Kier alpha value is -3.29. The number of aryl methyl sites for hydroxylation is 1. The zero-order chi connectivity index (χ0) is 18.8. The van der Waals surface area contributed by atoms with Crippen molar-refractivity contribution in [1.29, 1.82) is 0 Å². The second-order valence-corrected chi connectivity index (χ2v) is 6.76. The first-order chi connectivity index (χ1) is 13.1. The van der Waals surface area contributed by atoms with Gasteiger partial charge in [-0.3, -0.25) is 19.7 Å². The van der Waals surface area contributed by atoms with Crippen molar-refractivity contribution in [3.05, 3.63) is 64.2 Å². The van der Waals surface area contributed by atoms with Crippen LogP contribution in [0.4, 0.5) is 0 Å². The molecule has 1 aromatic carbocycles. The van der Waals surface area contributed by atoms with Crippen LogP contribution in [-0.4, -0.2) is 49.0 Å². The van der Waals surface area contributed by atoms with E-state index in [9.17, 15) is 9.59 Å². The second-order valence-electron chi connectivity index (χ2n) is 6.76. The number of hydrogen-bond acceptors (Lipinski definition) is 5. The summed E-state index contributed by atoms with van der Waals surface area (Å²) in [6.07, 6.45) is 4.68. The van der Waals surface area contributed by atoms with E-state index in [2.05, 4.69) is 25.1 Å². The van der Waals surface area contributed by atoms with Crippen LogP contribution >= 0.6 is 0 Å². The van der Waals surface area contributed by atoms with Gasteiger partial charge in [0.1, 0.15) is 5.82 Å². The van der Waals surface area contributed by atoms with Crippen LogP contribution in [0.25, 0.3) is 11.3 Å². The van der Waals surface area contributed by atoms with Crippen LogP contribution in [0, 0.1) is 6.92 Å². The van der Waals surface area contributed by atoms with Crippen molar-refractivity contribution in [2.24, 2.45) is 0 Å². The van der Waals surface area contributed by atoms with E-state index in [1.165, 1.54) is 6.20 Å². The zero-order valence-corrected chi connectivity index (χ0v) is 15.0. The molecule has 0 unspecified atom stereocenters. The number of hydrogen-bond donors (Lipinski definition) is 2. The fraction of sp³-hybridized carbons (Fsp3) is 0.316. The Bertz CT molecular complexity index is 1020. The van der Waals surface area contributed by atoms with Crippen molar-refractivity contribution in [3.8, 4) is 11.3 Å². The molecule has 1 fully saturated rings. The fourth-order valence-electron chi connectivity index (χ4n) is 3.44. The topological polar surface area (TPSA) is 108 Å². The summed E-state index contributed by atoms with van der Waals surface area (Å²) in [6, 6.07) is 7.24. The van der Waals surface area contributed by atoms with E-state index in [0.717, 1.165) is 30.1 Å². The van der Waals surface area contributed by atoms with Gasteiger partial charge >= 0.3 is 0 Å². The van der Waals surface area contributed by atoms with Gasteiger partial charge in [0, 0.05) is 30.1 Å². The molecule has 1 atom stereocenters. The smallest absolute Gasteiger partial charge is 0.266 e. The molecule has 0 saturated carbocycles. The Morgan fingerprint density at radius 3 is 2.96 bits per heavy atom. The lowest BCUT2D eigenvalue weighted by molar-refractivity contribution is 0.0704. The third kappa shape index (κ3) is 3.64. The minimum Gasteiger partial charge on any atom is -0.338 e. The van der Waals surface area contributed by atoms with Crippen LogP contribution in [0.2, 0.25) is 0 Å². The van der Waals surface area contributed by atoms with Crippen LogP contribution in [0.15, 0.2) is 41.5 Å². The normalized spacial score (nSPS) is 17.1. The number of carbonyl (C=O) groups is 1. The summed E-state index contributed by atoms with van der Waals surface area (Å²) in [5.41, 5.74) is 1.66. The van der Waals surface area contributed by atoms with Crippen LogP contribution in [0.5, 0.6) is 0 Å². The number of nitrogens with zero attached hydrogens (tertiary/aromatic N) is 4. The van der Waals surface area contributed by atoms with Crippen molar-refractivity contribution in [3.63, 3.8) is 0 Å². The molecular formula is C19H20N6O2. The molecule has 1 aliphatic heterocycles. The molecule has 2 aromatic heterocycles. The summed E-state index contributed by atoms with van der Waals surface area (Å²) < 4.78 is 0. The summed E-state index contributed by atoms with van der Waals surface area (Å²) in [7, 11) is 0. The maximum atomic E-state index is 13.0. The average molecular weight is 364 g/mol. The molecule has 0 radical (unpaired) electrons. The number of piperidine rings is 1. The maximum absolute atomic E-state index is 13.0. The van der Waals surface area contributed by atoms with Crippen LogP contribution in [-0.2, 0) is 0 Å². The molecular weight excluding hydrogens is 344 g/mol. The molecule has 138 valence electrons. The summed E-state index contributed by atoms with van der Waals surface area (Å²) in [6.45, 7) is 3.19. The summed E-state index contributed by atoms with van der Waals surface area (Å²) in [4.78, 5) is 37.4. The largest absolute Gasteiger partial charge is 0.338 e.